The van der Waals surface area contributed by atoms with Crippen LogP contribution in [0.1, 0.15) is 42.7 Å². The average molecular weight is 462 g/mol. The number of nitrogens with zero attached hydrogens (tertiary/aromatic N) is 2. The van der Waals surface area contributed by atoms with Gasteiger partial charge < -0.3 is 15.2 Å². The van der Waals surface area contributed by atoms with Crippen LogP contribution in [0.25, 0.3) is 0 Å². The first-order valence-corrected chi connectivity index (χ1v) is 9.17. The molecule has 0 radical (unpaired) electrons. The van der Waals surface area contributed by atoms with Gasteiger partial charge in [0.05, 0.1) is 12.2 Å². The summed E-state index contributed by atoms with van der Waals surface area (Å²) >= 11 is 1.79. The van der Waals surface area contributed by atoms with Gasteiger partial charge in [-0.05, 0) is 31.2 Å². The van der Waals surface area contributed by atoms with Crippen LogP contribution in [-0.2, 0) is 25.8 Å². The van der Waals surface area contributed by atoms with Crippen LogP contribution in [0.3, 0.4) is 0 Å². The molecule has 7 heteroatoms. The second kappa shape index (κ2) is 11.5. The van der Waals surface area contributed by atoms with Crippen LogP contribution in [-0.4, -0.2) is 24.2 Å². The minimum absolute atomic E-state index is 0. The zero-order valence-corrected chi connectivity index (χ0v) is 17.7. The summed E-state index contributed by atoms with van der Waals surface area (Å²) in [5, 5.41) is 12.9. The van der Waals surface area contributed by atoms with Gasteiger partial charge in [0.2, 0.25) is 0 Å². The number of aliphatic imine (C=N–C) groups is 1. The lowest BCUT2D eigenvalue weighted by Crippen LogP contribution is -2.38. The lowest BCUT2D eigenvalue weighted by Gasteiger charge is -2.11. The number of thiophene rings is 1. The van der Waals surface area contributed by atoms with E-state index in [9.17, 15) is 0 Å². The molecule has 0 aliphatic rings. The number of halogens is 1. The molecule has 24 heavy (non-hydrogen) atoms. The van der Waals surface area contributed by atoms with Crippen molar-refractivity contribution in [3.63, 3.8) is 0 Å². The summed E-state index contributed by atoms with van der Waals surface area (Å²) in [6, 6.07) is 4.25. The van der Waals surface area contributed by atoms with Crippen LogP contribution >= 0.6 is 35.3 Å². The van der Waals surface area contributed by atoms with Gasteiger partial charge in [-0.1, -0.05) is 25.1 Å². The number of aromatic nitrogens is 1. The van der Waals surface area contributed by atoms with Crippen LogP contribution in [0, 0.1) is 0 Å². The number of aryl methyl sites for hydroxylation is 2. The van der Waals surface area contributed by atoms with E-state index in [1.165, 1.54) is 4.88 Å². The predicted molar refractivity (Wildman–Crippen MR) is 112 cm³/mol. The van der Waals surface area contributed by atoms with Crippen molar-refractivity contribution in [2.75, 3.05) is 13.1 Å². The minimum Gasteiger partial charge on any atom is -0.361 e. The third-order valence-corrected chi connectivity index (χ3v) is 4.53. The fourth-order valence-corrected chi connectivity index (χ4v) is 3.08. The van der Waals surface area contributed by atoms with E-state index < -0.39 is 0 Å². The summed E-state index contributed by atoms with van der Waals surface area (Å²) in [6.07, 6.45) is 2.73. The number of hydrogen-bond donors (Lipinski definition) is 2. The Balaban J connectivity index is 0.00000288. The molecule has 0 fully saturated rings. The largest absolute Gasteiger partial charge is 0.361 e. The molecule has 134 valence electrons. The van der Waals surface area contributed by atoms with Gasteiger partial charge in [-0.25, -0.2) is 4.99 Å². The van der Waals surface area contributed by atoms with Crippen LogP contribution in [0.4, 0.5) is 0 Å². The summed E-state index contributed by atoms with van der Waals surface area (Å²) in [5.74, 6) is 1.79. The second-order valence-corrected chi connectivity index (χ2v) is 6.22. The van der Waals surface area contributed by atoms with E-state index in [0.717, 1.165) is 55.3 Å². The van der Waals surface area contributed by atoms with E-state index in [2.05, 4.69) is 59.1 Å². The Morgan fingerprint density at radius 1 is 1.25 bits per heavy atom. The molecule has 2 rings (SSSR count). The van der Waals surface area contributed by atoms with E-state index in [1.807, 2.05) is 0 Å². The standard InChI is InChI=1S/C17H26N4OS.HI/c1-4-15-14(16(5-2)22-21-15)12-20-17(18-6-3)19-10-9-13-8-7-11-23-13;/h7-8,11H,4-6,9-10,12H2,1-3H3,(H2,18,19,20);1H. The van der Waals surface area contributed by atoms with Gasteiger partial charge in [-0.3, -0.25) is 0 Å². The molecule has 0 amide bonds. The molecule has 0 saturated heterocycles. The molecule has 0 unspecified atom stereocenters. The lowest BCUT2D eigenvalue weighted by molar-refractivity contribution is 0.380. The highest BCUT2D eigenvalue weighted by molar-refractivity contribution is 14.0. The van der Waals surface area contributed by atoms with Gasteiger partial charge in [0.15, 0.2) is 5.96 Å². The molecule has 0 bridgehead atoms. The molecular formula is C17H27IN4OS. The molecule has 0 aromatic carbocycles. The zero-order chi connectivity index (χ0) is 16.5. The van der Waals surface area contributed by atoms with Gasteiger partial charge in [-0.15, -0.1) is 35.3 Å². The average Bonchev–Trinajstić information content (AvgIpc) is 3.21. The lowest BCUT2D eigenvalue weighted by atomic mass is 10.1. The van der Waals surface area contributed by atoms with Crippen molar-refractivity contribution in [3.05, 3.63) is 39.4 Å². The molecule has 0 aliphatic carbocycles. The monoisotopic (exact) mass is 462 g/mol. The van der Waals surface area contributed by atoms with Crippen LogP contribution in [0.2, 0.25) is 0 Å². The SMILES string of the molecule is CCNC(=NCc1c(CC)noc1CC)NCCc1cccs1.I. The first-order valence-electron chi connectivity index (χ1n) is 8.29. The quantitative estimate of drug-likeness (QED) is 0.356. The Kier molecular flexibility index (Phi) is 10.0. The molecule has 2 aromatic rings. The number of nitrogens with one attached hydrogen (secondary N) is 2. The maximum Gasteiger partial charge on any atom is 0.191 e. The molecule has 0 aliphatic heterocycles. The third kappa shape index (κ3) is 6.08. The van der Waals surface area contributed by atoms with Gasteiger partial charge in [0.1, 0.15) is 5.76 Å². The Morgan fingerprint density at radius 3 is 2.71 bits per heavy atom. The highest BCUT2D eigenvalue weighted by Gasteiger charge is 2.12. The molecule has 5 nitrogen and oxygen atoms in total. The van der Waals surface area contributed by atoms with E-state index in [0.29, 0.717) is 6.54 Å². The summed E-state index contributed by atoms with van der Waals surface area (Å²) in [4.78, 5) is 6.07. The van der Waals surface area contributed by atoms with Gasteiger partial charge >= 0.3 is 0 Å². The highest BCUT2D eigenvalue weighted by Crippen LogP contribution is 2.16. The van der Waals surface area contributed by atoms with Crippen molar-refractivity contribution in [2.45, 2.75) is 46.6 Å². The van der Waals surface area contributed by atoms with Crippen molar-refractivity contribution in [1.29, 1.82) is 0 Å². The number of rotatable bonds is 8. The highest BCUT2D eigenvalue weighted by atomic mass is 127. The molecule has 2 N–H and O–H groups in total. The Hall–Kier alpha value is -1.09. The normalized spacial score (nSPS) is 11.2. The Morgan fingerprint density at radius 2 is 2.08 bits per heavy atom. The second-order valence-electron chi connectivity index (χ2n) is 5.19. The van der Waals surface area contributed by atoms with Crippen LogP contribution < -0.4 is 10.6 Å². The Bertz CT molecular complexity index is 589. The smallest absolute Gasteiger partial charge is 0.191 e. The first-order chi connectivity index (χ1) is 11.3. The van der Waals surface area contributed by atoms with Crippen molar-refractivity contribution in [3.8, 4) is 0 Å². The fraction of sp³-hybridized carbons (Fsp3) is 0.529. The van der Waals surface area contributed by atoms with Gasteiger partial charge in [-0.2, -0.15) is 0 Å². The van der Waals surface area contributed by atoms with Gasteiger partial charge in [0.25, 0.3) is 0 Å². The van der Waals surface area contributed by atoms with E-state index in [-0.39, 0.29) is 24.0 Å². The van der Waals surface area contributed by atoms with Crippen molar-refractivity contribution < 1.29 is 4.52 Å². The van der Waals surface area contributed by atoms with Gasteiger partial charge in [0, 0.05) is 30.0 Å². The van der Waals surface area contributed by atoms with Crippen LogP contribution in [0.5, 0.6) is 0 Å². The van der Waals surface area contributed by atoms with E-state index in [4.69, 9.17) is 4.52 Å². The van der Waals surface area contributed by atoms with Crippen molar-refractivity contribution in [1.82, 2.24) is 15.8 Å². The maximum absolute atomic E-state index is 5.40. The summed E-state index contributed by atoms with van der Waals surface area (Å²) < 4.78 is 5.40. The van der Waals surface area contributed by atoms with E-state index >= 15 is 0 Å². The molecule has 2 heterocycles. The Labute approximate surface area is 165 Å². The fourth-order valence-electron chi connectivity index (χ4n) is 2.38. The van der Waals surface area contributed by atoms with Crippen molar-refractivity contribution in [2.24, 2.45) is 4.99 Å². The number of guanidine groups is 1. The zero-order valence-electron chi connectivity index (χ0n) is 14.6. The predicted octanol–water partition coefficient (Wildman–Crippen LogP) is 3.78. The third-order valence-electron chi connectivity index (χ3n) is 3.59. The molecule has 2 aromatic heterocycles. The van der Waals surface area contributed by atoms with E-state index in [1.54, 1.807) is 11.3 Å². The van der Waals surface area contributed by atoms with Crippen molar-refractivity contribution >= 4 is 41.3 Å². The minimum atomic E-state index is 0. The maximum atomic E-state index is 5.40. The number of hydrogen-bond acceptors (Lipinski definition) is 4. The first kappa shape index (κ1) is 21.0. The molecule has 0 spiro atoms. The summed E-state index contributed by atoms with van der Waals surface area (Å²) in [7, 11) is 0. The molecular weight excluding hydrogens is 435 g/mol. The summed E-state index contributed by atoms with van der Waals surface area (Å²) in [6.45, 7) is 8.56. The van der Waals surface area contributed by atoms with Crippen LogP contribution in [0.15, 0.2) is 27.0 Å². The molecule has 0 atom stereocenters. The summed E-state index contributed by atoms with van der Waals surface area (Å²) in [5.41, 5.74) is 2.14. The molecule has 0 saturated carbocycles. The topological polar surface area (TPSA) is 62.5 Å².